The first kappa shape index (κ1) is 20.1. The van der Waals surface area contributed by atoms with E-state index in [1.54, 1.807) is 19.1 Å². The molecule has 0 aliphatic carbocycles. The van der Waals surface area contributed by atoms with Crippen molar-refractivity contribution in [1.29, 1.82) is 0 Å². The van der Waals surface area contributed by atoms with Crippen LogP contribution >= 0.6 is 0 Å². The molecule has 0 amide bonds. The van der Waals surface area contributed by atoms with Gasteiger partial charge in [0.15, 0.2) is 5.78 Å². The van der Waals surface area contributed by atoms with E-state index in [1.165, 1.54) is 13.2 Å². The highest BCUT2D eigenvalue weighted by molar-refractivity contribution is 5.97. The summed E-state index contributed by atoms with van der Waals surface area (Å²) in [5, 5.41) is 0. The van der Waals surface area contributed by atoms with Crippen molar-refractivity contribution >= 4 is 17.7 Å². The first-order valence-corrected chi connectivity index (χ1v) is 9.35. The molecule has 2 aliphatic heterocycles. The lowest BCUT2D eigenvalue weighted by molar-refractivity contribution is -0.148. The molecule has 1 saturated heterocycles. The zero-order valence-corrected chi connectivity index (χ0v) is 16.9. The van der Waals surface area contributed by atoms with E-state index in [0.29, 0.717) is 5.56 Å². The number of carbonyl (C=O) groups is 3. The smallest absolute Gasteiger partial charge is 0.373 e. The number of Topliss-reactive ketones (excluding diaryl/α,β-unsaturated/α-hetero) is 1. The lowest BCUT2D eigenvalue weighted by atomic mass is 9.75. The Labute approximate surface area is 164 Å². The van der Waals surface area contributed by atoms with Crippen molar-refractivity contribution in [2.75, 3.05) is 13.7 Å². The van der Waals surface area contributed by atoms with Crippen LogP contribution in [0.5, 0.6) is 0 Å². The number of esters is 2. The molecule has 3 atom stereocenters. The molecule has 3 rings (SSSR count). The van der Waals surface area contributed by atoms with Crippen molar-refractivity contribution in [2.24, 2.45) is 11.8 Å². The van der Waals surface area contributed by atoms with Gasteiger partial charge in [0.1, 0.15) is 5.60 Å². The molecule has 2 aliphatic rings. The summed E-state index contributed by atoms with van der Waals surface area (Å²) in [6, 6.07) is 7.50. The molecule has 0 saturated carbocycles. The molecule has 1 aromatic rings. The largest absolute Gasteiger partial charge is 0.480 e. The number of ketones is 1. The van der Waals surface area contributed by atoms with Crippen LogP contribution in [-0.4, -0.2) is 37.0 Å². The number of fused-ring (bicyclic) bond motifs is 1. The van der Waals surface area contributed by atoms with E-state index in [-0.39, 0.29) is 35.9 Å². The summed E-state index contributed by atoms with van der Waals surface area (Å²) in [5.74, 6) is -2.22. The zero-order valence-electron chi connectivity index (χ0n) is 16.9. The molecule has 2 heterocycles. The standard InChI is InChI=1S/C22H26O6/c1-21(2,3)14-8-6-13(7-9-14)17(23)11-22(4)16-12-27-19(24)15(16)10-18(28-22)20(25)26-5/h6-10,15-16H,11-12H2,1-5H3/t15-,16-,22-/m1/s1. The molecule has 0 bridgehead atoms. The Morgan fingerprint density at radius 2 is 1.86 bits per heavy atom. The number of ether oxygens (including phenoxy) is 3. The van der Waals surface area contributed by atoms with Crippen molar-refractivity contribution < 1.29 is 28.6 Å². The Kier molecular flexibility index (Phi) is 5.08. The predicted molar refractivity (Wildman–Crippen MR) is 102 cm³/mol. The normalized spacial score (nSPS) is 26.6. The van der Waals surface area contributed by atoms with E-state index in [4.69, 9.17) is 14.2 Å². The van der Waals surface area contributed by atoms with Crippen LogP contribution in [0.2, 0.25) is 0 Å². The molecule has 0 unspecified atom stereocenters. The van der Waals surface area contributed by atoms with Crippen LogP contribution in [-0.2, 0) is 29.2 Å². The Morgan fingerprint density at radius 1 is 1.21 bits per heavy atom. The summed E-state index contributed by atoms with van der Waals surface area (Å²) in [5.41, 5.74) is 0.646. The van der Waals surface area contributed by atoms with Gasteiger partial charge in [0, 0.05) is 5.56 Å². The summed E-state index contributed by atoms with van der Waals surface area (Å²) in [7, 11) is 1.24. The topological polar surface area (TPSA) is 78.9 Å². The fraction of sp³-hybridized carbons (Fsp3) is 0.500. The minimum Gasteiger partial charge on any atom is -0.480 e. The van der Waals surface area contributed by atoms with Crippen LogP contribution in [0, 0.1) is 11.8 Å². The average Bonchev–Trinajstić information content (AvgIpc) is 3.02. The van der Waals surface area contributed by atoms with E-state index in [9.17, 15) is 14.4 Å². The highest BCUT2D eigenvalue weighted by atomic mass is 16.6. The summed E-state index contributed by atoms with van der Waals surface area (Å²) >= 11 is 0. The third kappa shape index (κ3) is 3.68. The van der Waals surface area contributed by atoms with E-state index >= 15 is 0 Å². The van der Waals surface area contributed by atoms with E-state index in [2.05, 4.69) is 20.8 Å². The number of hydrogen-bond acceptors (Lipinski definition) is 6. The first-order valence-electron chi connectivity index (χ1n) is 9.35. The minimum atomic E-state index is -1.05. The lowest BCUT2D eigenvalue weighted by Gasteiger charge is -2.39. The maximum absolute atomic E-state index is 13.0. The highest BCUT2D eigenvalue weighted by Gasteiger charge is 2.53. The molecule has 150 valence electrons. The molecule has 0 spiro atoms. The van der Waals surface area contributed by atoms with Crippen LogP contribution in [0.25, 0.3) is 0 Å². The number of cyclic esters (lactones) is 1. The lowest BCUT2D eigenvalue weighted by Crippen LogP contribution is -2.47. The SMILES string of the molecule is COC(=O)C1=C[C@H]2C(=O)OC[C@H]2[C@@](C)(CC(=O)c2ccc(C(C)(C)C)cc2)O1. The molecule has 28 heavy (non-hydrogen) atoms. The van der Waals surface area contributed by atoms with Gasteiger partial charge in [-0.25, -0.2) is 4.79 Å². The molecule has 6 nitrogen and oxygen atoms in total. The Hall–Kier alpha value is -2.63. The number of hydrogen-bond donors (Lipinski definition) is 0. The maximum Gasteiger partial charge on any atom is 0.373 e. The second kappa shape index (κ2) is 7.08. The summed E-state index contributed by atoms with van der Waals surface area (Å²) in [4.78, 5) is 37.0. The van der Waals surface area contributed by atoms with Gasteiger partial charge in [-0.05, 0) is 24.0 Å². The predicted octanol–water partition coefficient (Wildman–Crippen LogP) is 3.19. The summed E-state index contributed by atoms with van der Waals surface area (Å²) in [6.45, 7) is 8.22. The van der Waals surface area contributed by atoms with Gasteiger partial charge in [-0.3, -0.25) is 9.59 Å². The van der Waals surface area contributed by atoms with Crippen LogP contribution in [0.15, 0.2) is 36.1 Å². The van der Waals surface area contributed by atoms with Crippen molar-refractivity contribution in [3.63, 3.8) is 0 Å². The monoisotopic (exact) mass is 386 g/mol. The quantitative estimate of drug-likeness (QED) is 0.584. The van der Waals surface area contributed by atoms with E-state index < -0.39 is 23.5 Å². The van der Waals surface area contributed by atoms with Crippen LogP contribution in [0.3, 0.4) is 0 Å². The van der Waals surface area contributed by atoms with Gasteiger partial charge < -0.3 is 14.2 Å². The van der Waals surface area contributed by atoms with Crippen molar-refractivity contribution in [3.05, 3.63) is 47.2 Å². The van der Waals surface area contributed by atoms with Gasteiger partial charge in [0.2, 0.25) is 5.76 Å². The highest BCUT2D eigenvalue weighted by Crippen LogP contribution is 2.43. The van der Waals surface area contributed by atoms with Gasteiger partial charge in [0.05, 0.1) is 32.0 Å². The maximum atomic E-state index is 13.0. The zero-order chi connectivity index (χ0) is 20.7. The Balaban J connectivity index is 1.85. The van der Waals surface area contributed by atoms with Crippen molar-refractivity contribution in [1.82, 2.24) is 0 Å². The Morgan fingerprint density at radius 3 is 2.43 bits per heavy atom. The molecule has 0 N–H and O–H groups in total. The second-order valence-corrected chi connectivity index (χ2v) is 8.63. The third-order valence-electron chi connectivity index (χ3n) is 5.54. The first-order chi connectivity index (χ1) is 13.0. The number of methoxy groups -OCH3 is 1. The van der Waals surface area contributed by atoms with Crippen LogP contribution < -0.4 is 0 Å². The van der Waals surface area contributed by atoms with Gasteiger partial charge >= 0.3 is 11.9 Å². The molecule has 0 radical (unpaired) electrons. The molecular formula is C22H26O6. The average molecular weight is 386 g/mol. The molecule has 1 aromatic carbocycles. The van der Waals surface area contributed by atoms with Gasteiger partial charge in [-0.1, -0.05) is 45.0 Å². The van der Waals surface area contributed by atoms with Crippen LogP contribution in [0.4, 0.5) is 0 Å². The molecular weight excluding hydrogens is 360 g/mol. The number of carbonyl (C=O) groups excluding carboxylic acids is 3. The molecule has 0 aromatic heterocycles. The summed E-state index contributed by atoms with van der Waals surface area (Å²) < 4.78 is 15.8. The van der Waals surface area contributed by atoms with E-state index in [0.717, 1.165) is 5.56 Å². The number of benzene rings is 1. The van der Waals surface area contributed by atoms with Gasteiger partial charge in [0.25, 0.3) is 0 Å². The van der Waals surface area contributed by atoms with E-state index in [1.807, 2.05) is 12.1 Å². The molecule has 1 fully saturated rings. The van der Waals surface area contributed by atoms with Crippen molar-refractivity contribution in [3.8, 4) is 0 Å². The van der Waals surface area contributed by atoms with Gasteiger partial charge in [-0.15, -0.1) is 0 Å². The minimum absolute atomic E-state index is 0.00494. The fourth-order valence-corrected chi connectivity index (χ4v) is 3.75. The summed E-state index contributed by atoms with van der Waals surface area (Å²) in [6.07, 6.45) is 1.46. The fourth-order valence-electron chi connectivity index (χ4n) is 3.75. The van der Waals surface area contributed by atoms with Gasteiger partial charge in [-0.2, -0.15) is 0 Å². The Bertz CT molecular complexity index is 830. The van der Waals surface area contributed by atoms with Crippen molar-refractivity contribution in [2.45, 2.75) is 45.1 Å². The third-order valence-corrected chi connectivity index (χ3v) is 5.54. The molecule has 6 heteroatoms. The number of rotatable bonds is 4. The second-order valence-electron chi connectivity index (χ2n) is 8.63. The van der Waals surface area contributed by atoms with Crippen LogP contribution in [0.1, 0.15) is 50.0 Å².